The number of hydrogen-bond acceptors (Lipinski definition) is 8. The number of Topliss-reactive ketones (excluding diaryl/α,β-unsaturated/α-hetero) is 1. The Morgan fingerprint density at radius 3 is 2.31 bits per heavy atom. The van der Waals surface area contributed by atoms with Crippen LogP contribution in [0.3, 0.4) is 0 Å². The van der Waals surface area contributed by atoms with E-state index in [4.69, 9.17) is 4.74 Å². The SMILES string of the molecule is CC(C)C1=C2[C@H]3CCC4[C@@]5(C)CC[C@H](OC(=O)CC(C)(C)C(=O)O)C(C)(C)[C@H]5CC[C@@]4(C)[C@]3(C)CC[C@@]2(CCN(CC(=O)N(C)C)Cc2nccs2)CC1=O. The molecule has 1 aromatic heterocycles. The van der Waals surface area contributed by atoms with Gasteiger partial charge in [0.25, 0.3) is 0 Å². The van der Waals surface area contributed by atoms with Crippen LogP contribution in [0.1, 0.15) is 138 Å². The number of hydrogen-bond donors (Lipinski definition) is 1. The maximum atomic E-state index is 14.2. The third-order valence-corrected chi connectivity index (χ3v) is 17.3. The number of carboxylic acids is 1. The first-order valence-electron chi connectivity index (χ1n) is 21.0. The molecule has 0 spiro atoms. The van der Waals surface area contributed by atoms with Crippen LogP contribution in [-0.2, 0) is 30.5 Å². The summed E-state index contributed by atoms with van der Waals surface area (Å²) in [6.45, 7) is 21.6. The van der Waals surface area contributed by atoms with Crippen molar-refractivity contribution in [1.29, 1.82) is 0 Å². The van der Waals surface area contributed by atoms with E-state index in [1.165, 1.54) is 5.57 Å². The second-order valence-corrected chi connectivity index (χ2v) is 21.8. The van der Waals surface area contributed by atoms with E-state index in [-0.39, 0.29) is 51.4 Å². The molecule has 1 unspecified atom stereocenters. The van der Waals surface area contributed by atoms with E-state index in [0.717, 1.165) is 74.9 Å². The van der Waals surface area contributed by atoms with Gasteiger partial charge in [-0.05, 0) is 124 Å². The molecule has 0 bridgehead atoms. The van der Waals surface area contributed by atoms with Crippen LogP contribution in [0.4, 0.5) is 0 Å². The Morgan fingerprint density at radius 1 is 0.982 bits per heavy atom. The van der Waals surface area contributed by atoms with E-state index in [0.29, 0.717) is 43.0 Å². The number of fused-ring (bicyclic) bond motifs is 7. The highest BCUT2D eigenvalue weighted by Crippen LogP contribution is 2.77. The van der Waals surface area contributed by atoms with Gasteiger partial charge in [0.2, 0.25) is 5.91 Å². The number of aliphatic carboxylic acids is 1. The van der Waals surface area contributed by atoms with Crippen molar-refractivity contribution in [3.63, 3.8) is 0 Å². The number of nitrogens with zero attached hydrogens (tertiary/aromatic N) is 3. The molecule has 1 aromatic rings. The fourth-order valence-corrected chi connectivity index (χ4v) is 14.0. The fourth-order valence-electron chi connectivity index (χ4n) is 13.3. The minimum Gasteiger partial charge on any atom is -0.481 e. The summed E-state index contributed by atoms with van der Waals surface area (Å²) in [4.78, 5) is 60.6. The molecule has 6 rings (SSSR count). The van der Waals surface area contributed by atoms with Gasteiger partial charge in [0.1, 0.15) is 11.1 Å². The van der Waals surface area contributed by atoms with Crippen LogP contribution in [0.25, 0.3) is 0 Å². The standard InChI is InChI=1S/C45H69N3O6S/c1-28(2)37-30(49)24-45(20-22-48(27-35(50)47(10)11)26-34-46-21-23-55-34)19-18-43(8)29(38(37)45)12-13-32-42(7)16-15-33(54-36(51)25-40(3,4)39(52)53)41(5,6)31(42)14-17-44(32,43)9/h21,23,28-29,31-33H,12-20,22,24-27H2,1-11H3,(H,52,53)/t29-,31-,32?,33+,42+,43-,44-,45-/m1/s1. The van der Waals surface area contributed by atoms with Crippen LogP contribution in [0.5, 0.6) is 0 Å². The first-order chi connectivity index (χ1) is 25.5. The zero-order chi connectivity index (χ0) is 40.5. The lowest BCUT2D eigenvalue weighted by atomic mass is 9.33. The molecule has 9 nitrogen and oxygen atoms in total. The Hall–Kier alpha value is -2.59. The predicted molar refractivity (Wildman–Crippen MR) is 216 cm³/mol. The molecule has 5 aliphatic rings. The molecule has 0 aliphatic heterocycles. The highest BCUT2D eigenvalue weighted by Gasteiger charge is 2.70. The number of ether oxygens (including phenoxy) is 1. The molecule has 1 heterocycles. The minimum absolute atomic E-state index is 0.0465. The molecular weight excluding hydrogens is 711 g/mol. The van der Waals surface area contributed by atoms with E-state index in [1.807, 2.05) is 25.7 Å². The highest BCUT2D eigenvalue weighted by molar-refractivity contribution is 7.09. The fraction of sp³-hybridized carbons (Fsp3) is 0.800. The lowest BCUT2D eigenvalue weighted by Crippen LogP contribution is -2.65. The summed E-state index contributed by atoms with van der Waals surface area (Å²) in [5, 5.41) is 12.6. The molecule has 0 aromatic carbocycles. The van der Waals surface area contributed by atoms with Crippen molar-refractivity contribution in [1.82, 2.24) is 14.8 Å². The quantitative estimate of drug-likeness (QED) is 0.209. The zero-order valence-electron chi connectivity index (χ0n) is 35.7. The number of aromatic nitrogens is 1. The summed E-state index contributed by atoms with van der Waals surface area (Å²) in [6.07, 6.45) is 11.2. The van der Waals surface area contributed by atoms with E-state index in [1.54, 1.807) is 30.1 Å². The molecule has 0 radical (unpaired) electrons. The van der Waals surface area contributed by atoms with Gasteiger partial charge in [0, 0.05) is 42.9 Å². The van der Waals surface area contributed by atoms with Gasteiger partial charge < -0.3 is 14.7 Å². The largest absolute Gasteiger partial charge is 0.481 e. The van der Waals surface area contributed by atoms with Crippen molar-refractivity contribution >= 4 is 35.0 Å². The number of allylic oxidation sites excluding steroid dienone is 2. The van der Waals surface area contributed by atoms with Crippen molar-refractivity contribution in [2.24, 2.45) is 56.2 Å². The number of amides is 1. The zero-order valence-corrected chi connectivity index (χ0v) is 36.5. The molecule has 306 valence electrons. The van der Waals surface area contributed by atoms with Gasteiger partial charge in [-0.2, -0.15) is 0 Å². The first-order valence-corrected chi connectivity index (χ1v) is 21.9. The Balaban J connectivity index is 1.27. The lowest BCUT2D eigenvalue weighted by Gasteiger charge is -2.72. The number of rotatable bonds is 12. The summed E-state index contributed by atoms with van der Waals surface area (Å²) in [7, 11) is 3.63. The average Bonchev–Trinajstić information content (AvgIpc) is 3.70. The summed E-state index contributed by atoms with van der Waals surface area (Å²) in [5.74, 6) is 0.446. The van der Waals surface area contributed by atoms with Crippen molar-refractivity contribution in [3.8, 4) is 0 Å². The van der Waals surface area contributed by atoms with E-state index in [9.17, 15) is 24.3 Å². The Kier molecular flexibility index (Phi) is 11.2. The summed E-state index contributed by atoms with van der Waals surface area (Å²) >= 11 is 1.62. The molecule has 1 amide bonds. The van der Waals surface area contributed by atoms with Gasteiger partial charge in [0.05, 0.1) is 24.9 Å². The smallest absolute Gasteiger partial charge is 0.309 e. The Morgan fingerprint density at radius 2 is 1.69 bits per heavy atom. The molecule has 0 saturated heterocycles. The second kappa shape index (κ2) is 14.7. The number of esters is 1. The van der Waals surface area contributed by atoms with Crippen molar-refractivity contribution < 1.29 is 29.0 Å². The average molecular weight is 780 g/mol. The van der Waals surface area contributed by atoms with Gasteiger partial charge in [-0.3, -0.25) is 24.1 Å². The van der Waals surface area contributed by atoms with Gasteiger partial charge in [-0.25, -0.2) is 4.98 Å². The van der Waals surface area contributed by atoms with E-state index >= 15 is 0 Å². The van der Waals surface area contributed by atoms with Crippen molar-refractivity contribution in [3.05, 3.63) is 27.7 Å². The van der Waals surface area contributed by atoms with Crippen molar-refractivity contribution in [2.45, 2.75) is 146 Å². The summed E-state index contributed by atoms with van der Waals surface area (Å²) in [6, 6.07) is 0. The number of carbonyl (C=O) groups is 4. The monoisotopic (exact) mass is 779 g/mol. The maximum absolute atomic E-state index is 14.2. The summed E-state index contributed by atoms with van der Waals surface area (Å²) < 4.78 is 6.19. The van der Waals surface area contributed by atoms with Crippen LogP contribution in [0, 0.1) is 56.2 Å². The molecule has 55 heavy (non-hydrogen) atoms. The Labute approximate surface area is 334 Å². The van der Waals surface area contributed by atoms with E-state index in [2.05, 4.69) is 58.4 Å². The van der Waals surface area contributed by atoms with Gasteiger partial charge >= 0.3 is 11.9 Å². The van der Waals surface area contributed by atoms with Crippen LogP contribution in [0.2, 0.25) is 0 Å². The number of ketones is 1. The normalized spacial score (nSPS) is 35.5. The predicted octanol–water partition coefficient (Wildman–Crippen LogP) is 8.82. The number of thiazole rings is 1. The van der Waals surface area contributed by atoms with E-state index < -0.39 is 17.4 Å². The number of likely N-dealkylation sites (N-methyl/N-ethyl adjacent to an activating group) is 1. The lowest BCUT2D eigenvalue weighted by molar-refractivity contribution is -0.233. The van der Waals surface area contributed by atoms with Crippen LogP contribution in [-0.4, -0.2) is 76.8 Å². The van der Waals surface area contributed by atoms with Gasteiger partial charge in [-0.15, -0.1) is 11.3 Å². The minimum atomic E-state index is -1.16. The third kappa shape index (κ3) is 7.05. The molecule has 4 fully saturated rings. The van der Waals surface area contributed by atoms with Crippen LogP contribution in [0.15, 0.2) is 22.7 Å². The van der Waals surface area contributed by atoms with Crippen molar-refractivity contribution in [2.75, 3.05) is 27.2 Å². The molecule has 5 aliphatic carbocycles. The Bertz CT molecular complexity index is 1700. The van der Waals surface area contributed by atoms with Gasteiger partial charge in [0.15, 0.2) is 5.78 Å². The molecular formula is C45H69N3O6S. The van der Waals surface area contributed by atoms with Crippen LogP contribution >= 0.6 is 11.3 Å². The third-order valence-electron chi connectivity index (χ3n) is 16.6. The summed E-state index contributed by atoms with van der Waals surface area (Å²) in [5.41, 5.74) is 1.22. The maximum Gasteiger partial charge on any atom is 0.309 e. The highest BCUT2D eigenvalue weighted by atomic mass is 32.1. The molecule has 10 heteroatoms. The number of carboxylic acid groups (broad SMARTS) is 1. The van der Waals surface area contributed by atoms with Gasteiger partial charge in [-0.1, -0.05) is 54.0 Å². The molecule has 1 N–H and O–H groups in total. The first kappa shape index (κ1) is 42.0. The molecule has 4 saturated carbocycles. The second-order valence-electron chi connectivity index (χ2n) is 20.9. The topological polar surface area (TPSA) is 117 Å². The van der Waals surface area contributed by atoms with Crippen LogP contribution < -0.4 is 0 Å². The number of carbonyl (C=O) groups excluding carboxylic acids is 3. The molecule has 8 atom stereocenters.